The minimum absolute atomic E-state index is 0.101. The molecule has 180 valence electrons. The van der Waals surface area contributed by atoms with Gasteiger partial charge >= 0.3 is 0 Å². The maximum absolute atomic E-state index is 13.3. The van der Waals surface area contributed by atoms with Gasteiger partial charge < -0.3 is 19.1 Å². The molecule has 0 spiro atoms. The normalized spacial score (nSPS) is 14.9. The minimum atomic E-state index is -3.70. The van der Waals surface area contributed by atoms with Crippen LogP contribution in [0.2, 0.25) is 0 Å². The lowest BCUT2D eigenvalue weighted by Crippen LogP contribution is -2.32. The van der Waals surface area contributed by atoms with E-state index in [1.807, 2.05) is 6.07 Å². The maximum atomic E-state index is 13.3. The van der Waals surface area contributed by atoms with E-state index in [1.54, 1.807) is 39.5 Å². The summed E-state index contributed by atoms with van der Waals surface area (Å²) in [4.78, 5) is 14.9. The third kappa shape index (κ3) is 5.59. The first-order valence-electron chi connectivity index (χ1n) is 11.0. The molecule has 2 aromatic carbocycles. The van der Waals surface area contributed by atoms with Gasteiger partial charge in [-0.05, 0) is 43.2 Å². The highest BCUT2D eigenvalue weighted by atomic mass is 32.2. The molecule has 9 heteroatoms. The number of hydrogen-bond donors (Lipinski definition) is 0. The van der Waals surface area contributed by atoms with Crippen molar-refractivity contribution in [3.8, 4) is 17.2 Å². The third-order valence-corrected chi connectivity index (χ3v) is 7.75. The Kier molecular flexibility index (Phi) is 8.20. The van der Waals surface area contributed by atoms with Gasteiger partial charge in [0, 0.05) is 38.3 Å². The highest BCUT2D eigenvalue weighted by Crippen LogP contribution is 2.29. The summed E-state index contributed by atoms with van der Waals surface area (Å²) in [5, 5.41) is 0. The highest BCUT2D eigenvalue weighted by Gasteiger charge is 2.28. The van der Waals surface area contributed by atoms with Gasteiger partial charge in [0.25, 0.3) is 5.91 Å². The largest absolute Gasteiger partial charge is 0.497 e. The Bertz CT molecular complexity index is 1080. The average molecular weight is 477 g/mol. The standard InChI is InChI=1S/C24H32N2O6S/c1-25(17-18-9-10-19(30-2)15-23(18)32-4)24(27)21-16-20(11-12-22(21)31-3)33(28,29)26-13-7-5-6-8-14-26/h9-12,15-16H,5-8,13-14,17H2,1-4H3. The fraction of sp³-hybridized carbons (Fsp3) is 0.458. The van der Waals surface area contributed by atoms with Crippen LogP contribution in [0.5, 0.6) is 17.2 Å². The lowest BCUT2D eigenvalue weighted by Gasteiger charge is -2.23. The quantitative estimate of drug-likeness (QED) is 0.579. The van der Waals surface area contributed by atoms with Crippen LogP contribution in [-0.4, -0.2) is 65.0 Å². The van der Waals surface area contributed by atoms with Gasteiger partial charge in [0.15, 0.2) is 0 Å². The smallest absolute Gasteiger partial charge is 0.257 e. The van der Waals surface area contributed by atoms with Crippen LogP contribution in [0.1, 0.15) is 41.6 Å². The van der Waals surface area contributed by atoms with Crippen LogP contribution in [-0.2, 0) is 16.6 Å². The highest BCUT2D eigenvalue weighted by molar-refractivity contribution is 7.89. The zero-order chi connectivity index (χ0) is 24.0. The fourth-order valence-electron chi connectivity index (χ4n) is 3.96. The van der Waals surface area contributed by atoms with Crippen molar-refractivity contribution in [2.24, 2.45) is 0 Å². The van der Waals surface area contributed by atoms with Gasteiger partial charge in [-0.25, -0.2) is 8.42 Å². The zero-order valence-corrected chi connectivity index (χ0v) is 20.5. The number of methoxy groups -OCH3 is 3. The molecule has 8 nitrogen and oxygen atoms in total. The molecule has 0 aliphatic carbocycles. The van der Waals surface area contributed by atoms with E-state index in [0.29, 0.717) is 30.3 Å². The lowest BCUT2D eigenvalue weighted by atomic mass is 10.1. The Balaban J connectivity index is 1.89. The predicted molar refractivity (Wildman–Crippen MR) is 126 cm³/mol. The van der Waals surface area contributed by atoms with Crippen molar-refractivity contribution in [2.45, 2.75) is 37.1 Å². The molecule has 33 heavy (non-hydrogen) atoms. The lowest BCUT2D eigenvalue weighted by molar-refractivity contribution is 0.0780. The number of rotatable bonds is 8. The fourth-order valence-corrected chi connectivity index (χ4v) is 5.51. The number of ether oxygens (including phenoxy) is 3. The van der Waals surface area contributed by atoms with Crippen LogP contribution >= 0.6 is 0 Å². The maximum Gasteiger partial charge on any atom is 0.257 e. The Hall–Kier alpha value is -2.78. The van der Waals surface area contributed by atoms with E-state index < -0.39 is 10.0 Å². The molecule has 0 aromatic heterocycles. The Morgan fingerprint density at radius 1 is 0.909 bits per heavy atom. The molecule has 0 N–H and O–H groups in total. The summed E-state index contributed by atoms with van der Waals surface area (Å²) in [5.74, 6) is 1.22. The monoisotopic (exact) mass is 476 g/mol. The number of amides is 1. The second-order valence-corrected chi connectivity index (χ2v) is 9.96. The summed E-state index contributed by atoms with van der Waals surface area (Å²) < 4.78 is 44.1. The van der Waals surface area contributed by atoms with Gasteiger partial charge in [-0.3, -0.25) is 4.79 Å². The van der Waals surface area contributed by atoms with Crippen molar-refractivity contribution in [1.29, 1.82) is 0 Å². The molecule has 2 aromatic rings. The molecule has 1 aliphatic heterocycles. The van der Waals surface area contributed by atoms with E-state index in [9.17, 15) is 13.2 Å². The zero-order valence-electron chi connectivity index (χ0n) is 19.7. The van der Waals surface area contributed by atoms with Crippen molar-refractivity contribution in [1.82, 2.24) is 9.21 Å². The summed E-state index contributed by atoms with van der Waals surface area (Å²) in [7, 11) is 2.55. The number of nitrogens with zero attached hydrogens (tertiary/aromatic N) is 2. The molecule has 0 unspecified atom stereocenters. The summed E-state index contributed by atoms with van der Waals surface area (Å²) in [5.41, 5.74) is 0.991. The first-order chi connectivity index (χ1) is 15.8. The Morgan fingerprint density at radius 3 is 2.18 bits per heavy atom. The Labute approximate surface area is 196 Å². The second-order valence-electron chi connectivity index (χ2n) is 8.02. The number of hydrogen-bond acceptors (Lipinski definition) is 6. The van der Waals surface area contributed by atoms with Gasteiger partial charge in [-0.15, -0.1) is 0 Å². The Morgan fingerprint density at radius 2 is 1.58 bits per heavy atom. The van der Waals surface area contributed by atoms with Crippen molar-refractivity contribution in [2.75, 3.05) is 41.5 Å². The summed E-state index contributed by atoms with van der Waals surface area (Å²) in [6.07, 6.45) is 3.73. The number of sulfonamides is 1. The molecule has 1 saturated heterocycles. The molecule has 0 saturated carbocycles. The van der Waals surface area contributed by atoms with Gasteiger partial charge in [-0.2, -0.15) is 4.31 Å². The second kappa shape index (κ2) is 10.9. The molecule has 1 aliphatic rings. The van der Waals surface area contributed by atoms with Gasteiger partial charge in [0.05, 0.1) is 31.8 Å². The first kappa shape index (κ1) is 24.9. The van der Waals surface area contributed by atoms with E-state index >= 15 is 0 Å². The van der Waals surface area contributed by atoms with Crippen LogP contribution in [0.25, 0.3) is 0 Å². The van der Waals surface area contributed by atoms with Crippen molar-refractivity contribution in [3.63, 3.8) is 0 Å². The van der Waals surface area contributed by atoms with Crippen LogP contribution < -0.4 is 14.2 Å². The number of carbonyl (C=O) groups excluding carboxylic acids is 1. The summed E-state index contributed by atoms with van der Waals surface area (Å²) in [6.45, 7) is 1.25. The van der Waals surface area contributed by atoms with Gasteiger partial charge in [0.1, 0.15) is 17.2 Å². The SMILES string of the molecule is COc1ccc(CN(C)C(=O)c2cc(S(=O)(=O)N3CCCCCC3)ccc2OC)c(OC)c1. The first-order valence-corrected chi connectivity index (χ1v) is 12.4. The van der Waals surface area contributed by atoms with E-state index in [4.69, 9.17) is 14.2 Å². The van der Waals surface area contributed by atoms with Crippen molar-refractivity contribution < 1.29 is 27.4 Å². The van der Waals surface area contributed by atoms with E-state index in [1.165, 1.54) is 28.4 Å². The van der Waals surface area contributed by atoms with Crippen molar-refractivity contribution >= 4 is 15.9 Å². The van der Waals surface area contributed by atoms with E-state index in [2.05, 4.69) is 0 Å². The molecule has 1 heterocycles. The topological polar surface area (TPSA) is 85.4 Å². The van der Waals surface area contributed by atoms with Crippen LogP contribution in [0.3, 0.4) is 0 Å². The number of carbonyl (C=O) groups is 1. The van der Waals surface area contributed by atoms with Gasteiger partial charge in [0.2, 0.25) is 10.0 Å². The van der Waals surface area contributed by atoms with Crippen LogP contribution in [0.15, 0.2) is 41.3 Å². The molecular formula is C24H32N2O6S. The van der Waals surface area contributed by atoms with E-state index in [0.717, 1.165) is 31.2 Å². The molecule has 1 amide bonds. The van der Waals surface area contributed by atoms with Crippen molar-refractivity contribution in [3.05, 3.63) is 47.5 Å². The third-order valence-electron chi connectivity index (χ3n) is 5.85. The molecule has 0 radical (unpaired) electrons. The summed E-state index contributed by atoms with van der Waals surface area (Å²) >= 11 is 0. The molecule has 0 bridgehead atoms. The number of benzene rings is 2. The molecular weight excluding hydrogens is 444 g/mol. The molecule has 1 fully saturated rings. The summed E-state index contributed by atoms with van der Waals surface area (Å²) in [6, 6.07) is 9.85. The predicted octanol–water partition coefficient (Wildman–Crippen LogP) is 3.55. The van der Waals surface area contributed by atoms with Crippen LogP contribution in [0.4, 0.5) is 0 Å². The van der Waals surface area contributed by atoms with E-state index in [-0.39, 0.29) is 22.9 Å². The molecule has 3 rings (SSSR count). The average Bonchev–Trinajstić information content (AvgIpc) is 3.13. The van der Waals surface area contributed by atoms with Crippen LogP contribution in [0, 0.1) is 0 Å². The molecule has 0 atom stereocenters. The minimum Gasteiger partial charge on any atom is -0.497 e. The van der Waals surface area contributed by atoms with Gasteiger partial charge in [-0.1, -0.05) is 12.8 Å².